The predicted molar refractivity (Wildman–Crippen MR) is 107 cm³/mol. The third-order valence-corrected chi connectivity index (χ3v) is 5.86. The molecule has 8 heteroatoms. The zero-order chi connectivity index (χ0) is 20.6. The number of rotatable bonds is 8. The van der Waals surface area contributed by atoms with Crippen LogP contribution in [0.5, 0.6) is 0 Å². The van der Waals surface area contributed by atoms with E-state index in [0.29, 0.717) is 25.5 Å². The number of hydrogen-bond donors (Lipinski definition) is 2. The first kappa shape index (κ1) is 21.8. The van der Waals surface area contributed by atoms with Crippen molar-refractivity contribution < 1.29 is 17.2 Å². The van der Waals surface area contributed by atoms with E-state index in [9.17, 15) is 17.2 Å². The Kier molecular flexibility index (Phi) is 7.92. The Bertz CT molecular complexity index is 931. The Hall–Kier alpha value is -2.48. The van der Waals surface area contributed by atoms with Gasteiger partial charge in [0, 0.05) is 13.1 Å². The monoisotopic (exact) mass is 409 g/mol. The summed E-state index contributed by atoms with van der Waals surface area (Å²) in [7, 11) is -3.75. The van der Waals surface area contributed by atoms with Gasteiger partial charge in [0.1, 0.15) is 16.5 Å². The summed E-state index contributed by atoms with van der Waals surface area (Å²) < 4.78 is 51.4. The molecular weight excluding hydrogens is 384 g/mol. The first-order valence-corrected chi connectivity index (χ1v) is 10.7. The normalized spacial score (nSPS) is 12.1. The predicted octanol–water partition coefficient (Wildman–Crippen LogP) is 2.84. The van der Waals surface area contributed by atoms with Crippen molar-refractivity contribution in [3.8, 4) is 0 Å². The van der Waals surface area contributed by atoms with Gasteiger partial charge in [-0.15, -0.1) is 0 Å². The number of nitrogens with zero attached hydrogens (tertiary/aromatic N) is 1. The second kappa shape index (κ2) is 10.2. The van der Waals surface area contributed by atoms with Crippen LogP contribution in [0.3, 0.4) is 0 Å². The first-order valence-electron chi connectivity index (χ1n) is 9.08. The lowest BCUT2D eigenvalue weighted by atomic mass is 10.1. The fourth-order valence-corrected chi connectivity index (χ4v) is 3.88. The van der Waals surface area contributed by atoms with Crippen molar-refractivity contribution in [1.29, 1.82) is 0 Å². The molecule has 0 radical (unpaired) electrons. The highest BCUT2D eigenvalue weighted by atomic mass is 32.2. The molecule has 2 aromatic rings. The molecule has 152 valence electrons. The number of guanidine groups is 1. The van der Waals surface area contributed by atoms with Crippen molar-refractivity contribution in [2.75, 3.05) is 25.4 Å². The van der Waals surface area contributed by atoms with Crippen LogP contribution in [0.25, 0.3) is 0 Å². The molecule has 0 fully saturated rings. The van der Waals surface area contributed by atoms with E-state index in [1.807, 2.05) is 13.8 Å². The summed E-state index contributed by atoms with van der Waals surface area (Å²) in [6, 6.07) is 9.97. The second-order valence-corrected chi connectivity index (χ2v) is 8.34. The number of aryl methyl sites for hydroxylation is 1. The van der Waals surface area contributed by atoms with Crippen molar-refractivity contribution in [3.05, 3.63) is 65.2 Å². The van der Waals surface area contributed by atoms with Crippen molar-refractivity contribution in [3.63, 3.8) is 0 Å². The van der Waals surface area contributed by atoms with Crippen LogP contribution in [-0.4, -0.2) is 39.8 Å². The summed E-state index contributed by atoms with van der Waals surface area (Å²) in [5.41, 5.74) is 1.89. The van der Waals surface area contributed by atoms with Crippen LogP contribution in [0, 0.1) is 18.6 Å². The molecule has 0 aliphatic heterocycles. The Balaban J connectivity index is 1.93. The number of hydrogen-bond acceptors (Lipinski definition) is 3. The van der Waals surface area contributed by atoms with Gasteiger partial charge in [-0.2, -0.15) is 0 Å². The van der Waals surface area contributed by atoms with E-state index >= 15 is 0 Å². The standard InChI is InChI=1S/C20H25F2N3O2S/c1-3-23-20(24-11-10-16-8-9-17(21)14-15(16)2)25-12-13-28(26,27)19-7-5-4-6-18(19)22/h4-9,14H,3,10-13H2,1-2H3,(H2,23,24,25). The van der Waals surface area contributed by atoms with Crippen molar-refractivity contribution in [1.82, 2.24) is 10.6 Å². The quantitative estimate of drug-likeness (QED) is 0.520. The van der Waals surface area contributed by atoms with Gasteiger partial charge in [-0.25, -0.2) is 17.2 Å². The Morgan fingerprint density at radius 1 is 1.11 bits per heavy atom. The van der Waals surface area contributed by atoms with E-state index in [0.717, 1.165) is 17.2 Å². The average Bonchev–Trinajstić information content (AvgIpc) is 2.63. The molecule has 0 bridgehead atoms. The van der Waals surface area contributed by atoms with Gasteiger partial charge in [0.2, 0.25) is 0 Å². The van der Waals surface area contributed by atoms with E-state index in [1.54, 1.807) is 6.07 Å². The van der Waals surface area contributed by atoms with Gasteiger partial charge in [-0.3, -0.25) is 4.99 Å². The minimum absolute atomic E-state index is 0.00156. The maximum Gasteiger partial charge on any atom is 0.191 e. The molecule has 0 aromatic heterocycles. The first-order chi connectivity index (χ1) is 13.3. The van der Waals surface area contributed by atoms with Crippen LogP contribution in [0.4, 0.5) is 8.78 Å². The number of halogens is 2. The number of aliphatic imine (C=N–C) groups is 1. The minimum Gasteiger partial charge on any atom is -0.357 e. The molecule has 0 saturated carbocycles. The molecule has 2 N–H and O–H groups in total. The van der Waals surface area contributed by atoms with Crippen LogP contribution in [-0.2, 0) is 16.3 Å². The Morgan fingerprint density at radius 2 is 1.86 bits per heavy atom. The topological polar surface area (TPSA) is 70.6 Å². The molecule has 28 heavy (non-hydrogen) atoms. The zero-order valence-electron chi connectivity index (χ0n) is 16.0. The van der Waals surface area contributed by atoms with Crippen LogP contribution in [0.2, 0.25) is 0 Å². The lowest BCUT2D eigenvalue weighted by molar-refractivity contribution is 0.567. The molecule has 0 atom stereocenters. The summed E-state index contributed by atoms with van der Waals surface area (Å²) in [5.74, 6) is -0.834. The second-order valence-electron chi connectivity index (χ2n) is 6.26. The molecule has 0 amide bonds. The Labute approximate surface area is 164 Å². The van der Waals surface area contributed by atoms with Gasteiger partial charge in [0.05, 0.1) is 12.3 Å². The molecule has 0 aliphatic rings. The zero-order valence-corrected chi connectivity index (χ0v) is 16.8. The van der Waals surface area contributed by atoms with E-state index in [1.165, 1.54) is 30.3 Å². The Morgan fingerprint density at radius 3 is 2.54 bits per heavy atom. The van der Waals surface area contributed by atoms with E-state index in [-0.39, 0.29) is 23.0 Å². The lowest BCUT2D eigenvalue weighted by Gasteiger charge is -2.12. The molecule has 0 aliphatic carbocycles. The maximum absolute atomic E-state index is 13.7. The average molecular weight is 410 g/mol. The maximum atomic E-state index is 13.7. The molecule has 0 heterocycles. The lowest BCUT2D eigenvalue weighted by Crippen LogP contribution is -2.38. The fourth-order valence-electron chi connectivity index (χ4n) is 2.68. The number of nitrogens with one attached hydrogen (secondary N) is 2. The van der Waals surface area contributed by atoms with Crippen molar-refractivity contribution in [2.45, 2.75) is 25.2 Å². The minimum atomic E-state index is -3.75. The van der Waals surface area contributed by atoms with Gasteiger partial charge in [-0.1, -0.05) is 18.2 Å². The summed E-state index contributed by atoms with van der Waals surface area (Å²) in [4.78, 5) is 3.94. The summed E-state index contributed by atoms with van der Waals surface area (Å²) in [6.07, 6.45) is 0.671. The molecule has 2 aromatic carbocycles. The van der Waals surface area contributed by atoms with Crippen LogP contribution < -0.4 is 10.6 Å². The SMILES string of the molecule is CCNC(=NCCS(=O)(=O)c1ccccc1F)NCCc1ccc(F)cc1C. The summed E-state index contributed by atoms with van der Waals surface area (Å²) >= 11 is 0. The van der Waals surface area contributed by atoms with Crippen LogP contribution in [0.15, 0.2) is 52.4 Å². The molecule has 5 nitrogen and oxygen atoms in total. The van der Waals surface area contributed by atoms with E-state index in [2.05, 4.69) is 15.6 Å². The van der Waals surface area contributed by atoms with E-state index < -0.39 is 15.7 Å². The molecular formula is C20H25F2N3O2S. The third-order valence-electron chi connectivity index (χ3n) is 4.14. The van der Waals surface area contributed by atoms with Crippen LogP contribution >= 0.6 is 0 Å². The molecule has 0 spiro atoms. The van der Waals surface area contributed by atoms with Gasteiger partial charge in [0.15, 0.2) is 15.8 Å². The number of benzene rings is 2. The van der Waals surface area contributed by atoms with Gasteiger partial charge in [0.25, 0.3) is 0 Å². The summed E-state index contributed by atoms with van der Waals surface area (Å²) in [6.45, 7) is 4.92. The third kappa shape index (κ3) is 6.30. The highest BCUT2D eigenvalue weighted by Crippen LogP contribution is 2.15. The van der Waals surface area contributed by atoms with Gasteiger partial charge in [-0.05, 0) is 55.7 Å². The largest absolute Gasteiger partial charge is 0.357 e. The highest BCUT2D eigenvalue weighted by Gasteiger charge is 2.18. The molecule has 0 saturated heterocycles. The molecule has 2 rings (SSSR count). The van der Waals surface area contributed by atoms with Crippen LogP contribution in [0.1, 0.15) is 18.1 Å². The van der Waals surface area contributed by atoms with E-state index in [4.69, 9.17) is 0 Å². The summed E-state index contributed by atoms with van der Waals surface area (Å²) in [5, 5.41) is 6.16. The molecule has 0 unspecified atom stereocenters. The van der Waals surface area contributed by atoms with Gasteiger partial charge < -0.3 is 10.6 Å². The van der Waals surface area contributed by atoms with Crippen molar-refractivity contribution in [2.24, 2.45) is 4.99 Å². The smallest absolute Gasteiger partial charge is 0.191 e. The van der Waals surface area contributed by atoms with Crippen molar-refractivity contribution >= 4 is 15.8 Å². The number of sulfone groups is 1. The fraction of sp³-hybridized carbons (Fsp3) is 0.350. The van der Waals surface area contributed by atoms with Gasteiger partial charge >= 0.3 is 0 Å². The highest BCUT2D eigenvalue weighted by molar-refractivity contribution is 7.91.